The largest absolute Gasteiger partial charge is 0.497 e. The third-order valence-electron chi connectivity index (χ3n) is 4.65. The van der Waals surface area contributed by atoms with Crippen molar-refractivity contribution in [2.24, 2.45) is 0 Å². The van der Waals surface area contributed by atoms with Crippen LogP contribution in [0, 0.1) is 11.3 Å². The summed E-state index contributed by atoms with van der Waals surface area (Å²) in [4.78, 5) is 4.40. The molecule has 0 amide bonds. The van der Waals surface area contributed by atoms with Crippen molar-refractivity contribution in [2.75, 3.05) is 19.5 Å². The summed E-state index contributed by atoms with van der Waals surface area (Å²) in [5.74, 6) is 1.82. The fourth-order valence-corrected chi connectivity index (χ4v) is 4.05. The van der Waals surface area contributed by atoms with Crippen LogP contribution in [-0.4, -0.2) is 24.5 Å². The van der Waals surface area contributed by atoms with Crippen LogP contribution in [0.25, 0.3) is 11.3 Å². The monoisotopic (exact) mass is 458 g/mol. The fourth-order valence-electron chi connectivity index (χ4n) is 3.05. The molecular formula is C24H21F3N2O2S. The molecular weight excluding hydrogens is 437 g/mol. The highest BCUT2D eigenvalue weighted by Crippen LogP contribution is 2.38. The van der Waals surface area contributed by atoms with E-state index in [0.717, 1.165) is 29.1 Å². The number of nitriles is 1. The molecule has 8 heteroatoms. The number of methoxy groups -OCH3 is 1. The van der Waals surface area contributed by atoms with Gasteiger partial charge in [-0.05, 0) is 61.4 Å². The number of aromatic nitrogens is 1. The van der Waals surface area contributed by atoms with Crippen LogP contribution in [0.1, 0.15) is 23.6 Å². The lowest BCUT2D eigenvalue weighted by molar-refractivity contribution is -0.138. The van der Waals surface area contributed by atoms with E-state index in [9.17, 15) is 18.4 Å². The Kier molecular flexibility index (Phi) is 7.65. The second-order valence-corrected chi connectivity index (χ2v) is 7.83. The van der Waals surface area contributed by atoms with Crippen molar-refractivity contribution in [3.63, 3.8) is 0 Å². The van der Waals surface area contributed by atoms with Gasteiger partial charge < -0.3 is 9.47 Å². The molecule has 0 spiro atoms. The minimum Gasteiger partial charge on any atom is -0.497 e. The van der Waals surface area contributed by atoms with Crippen molar-refractivity contribution in [2.45, 2.75) is 24.5 Å². The second-order valence-electron chi connectivity index (χ2n) is 6.75. The Labute approximate surface area is 189 Å². The Bertz CT molecular complexity index is 1090. The summed E-state index contributed by atoms with van der Waals surface area (Å²) in [6, 6.07) is 16.8. The first-order chi connectivity index (χ1) is 15.4. The molecule has 0 bridgehead atoms. The number of pyridine rings is 1. The highest BCUT2D eigenvalue weighted by Gasteiger charge is 2.36. The molecule has 4 nitrogen and oxygen atoms in total. The van der Waals surface area contributed by atoms with Crippen molar-refractivity contribution in [1.82, 2.24) is 4.98 Å². The summed E-state index contributed by atoms with van der Waals surface area (Å²) >= 11 is 1.14. The lowest BCUT2D eigenvalue weighted by atomic mass is 10.1. The maximum Gasteiger partial charge on any atom is 0.417 e. The summed E-state index contributed by atoms with van der Waals surface area (Å²) in [5, 5.41) is 9.53. The van der Waals surface area contributed by atoms with Gasteiger partial charge in [0.15, 0.2) is 0 Å². The van der Waals surface area contributed by atoms with Gasteiger partial charge in [0, 0.05) is 11.3 Å². The SMILES string of the molecule is CCOc1ccc(-c2cc(C(F)(F)F)c(C#N)c(SCCc3ccc(OC)cc3)n2)cc1. The summed E-state index contributed by atoms with van der Waals surface area (Å²) in [6.07, 6.45) is -4.06. The van der Waals surface area contributed by atoms with E-state index in [1.807, 2.05) is 31.2 Å². The third-order valence-corrected chi connectivity index (χ3v) is 5.63. The molecule has 3 aromatic rings. The van der Waals surface area contributed by atoms with E-state index in [4.69, 9.17) is 9.47 Å². The van der Waals surface area contributed by atoms with Crippen molar-refractivity contribution < 1.29 is 22.6 Å². The molecule has 32 heavy (non-hydrogen) atoms. The summed E-state index contributed by atoms with van der Waals surface area (Å²) < 4.78 is 51.7. The van der Waals surface area contributed by atoms with E-state index in [1.54, 1.807) is 37.4 Å². The van der Waals surface area contributed by atoms with Crippen molar-refractivity contribution in [3.8, 4) is 28.8 Å². The summed E-state index contributed by atoms with van der Waals surface area (Å²) in [5.41, 5.74) is 0.250. The first-order valence-electron chi connectivity index (χ1n) is 9.87. The third kappa shape index (κ3) is 5.74. The number of hydrogen-bond acceptors (Lipinski definition) is 5. The van der Waals surface area contributed by atoms with E-state index in [-0.39, 0.29) is 10.7 Å². The topological polar surface area (TPSA) is 55.1 Å². The summed E-state index contributed by atoms with van der Waals surface area (Å²) in [7, 11) is 1.58. The highest BCUT2D eigenvalue weighted by atomic mass is 32.2. The van der Waals surface area contributed by atoms with Crippen LogP contribution in [0.4, 0.5) is 13.2 Å². The number of ether oxygens (including phenoxy) is 2. The Morgan fingerprint density at radius 1 is 1.03 bits per heavy atom. The zero-order chi connectivity index (χ0) is 23.1. The van der Waals surface area contributed by atoms with Crippen molar-refractivity contribution in [1.29, 1.82) is 5.26 Å². The molecule has 2 aromatic carbocycles. The van der Waals surface area contributed by atoms with Gasteiger partial charge in [-0.2, -0.15) is 18.4 Å². The zero-order valence-corrected chi connectivity index (χ0v) is 18.4. The van der Waals surface area contributed by atoms with Crippen LogP contribution < -0.4 is 9.47 Å². The molecule has 0 saturated heterocycles. The van der Waals surface area contributed by atoms with E-state index >= 15 is 0 Å². The lowest BCUT2D eigenvalue weighted by Gasteiger charge is -2.14. The van der Waals surface area contributed by atoms with Crippen molar-refractivity contribution >= 4 is 11.8 Å². The van der Waals surface area contributed by atoms with E-state index < -0.39 is 17.3 Å². The molecule has 0 unspecified atom stereocenters. The quantitative estimate of drug-likeness (QED) is 0.367. The van der Waals surface area contributed by atoms with Crippen LogP contribution in [0.3, 0.4) is 0 Å². The number of rotatable bonds is 8. The molecule has 0 saturated carbocycles. The minimum atomic E-state index is -4.67. The zero-order valence-electron chi connectivity index (χ0n) is 17.6. The molecule has 0 fully saturated rings. The minimum absolute atomic E-state index is 0.0692. The normalized spacial score (nSPS) is 11.1. The fraction of sp³-hybridized carbons (Fsp3) is 0.250. The number of hydrogen-bond donors (Lipinski definition) is 0. The van der Waals surface area contributed by atoms with Crippen LogP contribution >= 0.6 is 11.8 Å². The Morgan fingerprint density at radius 2 is 1.69 bits per heavy atom. The number of alkyl halides is 3. The number of aryl methyl sites for hydroxylation is 1. The molecule has 0 aliphatic rings. The van der Waals surface area contributed by atoms with Gasteiger partial charge >= 0.3 is 6.18 Å². The number of thioether (sulfide) groups is 1. The van der Waals surface area contributed by atoms with Gasteiger partial charge in [0.1, 0.15) is 22.6 Å². The average Bonchev–Trinajstić information content (AvgIpc) is 2.79. The molecule has 166 valence electrons. The molecule has 0 radical (unpaired) electrons. The second kappa shape index (κ2) is 10.4. The van der Waals surface area contributed by atoms with E-state index in [1.165, 1.54) is 0 Å². The standard InChI is InChI=1S/C24H21F3N2O2S/c1-3-31-19-10-6-17(7-11-19)22-14-21(24(25,26)27)20(15-28)23(29-22)32-13-12-16-4-8-18(30-2)9-5-16/h4-11,14H,3,12-13H2,1-2H3. The van der Waals surface area contributed by atoms with Gasteiger partial charge in [-0.15, -0.1) is 11.8 Å². The van der Waals surface area contributed by atoms with Crippen molar-refractivity contribution in [3.05, 3.63) is 71.3 Å². The van der Waals surface area contributed by atoms with Gasteiger partial charge in [0.2, 0.25) is 0 Å². The van der Waals surface area contributed by atoms with Crippen LogP contribution in [-0.2, 0) is 12.6 Å². The van der Waals surface area contributed by atoms with Gasteiger partial charge in [-0.3, -0.25) is 0 Å². The predicted molar refractivity (Wildman–Crippen MR) is 118 cm³/mol. The van der Waals surface area contributed by atoms with E-state index in [0.29, 0.717) is 30.1 Å². The van der Waals surface area contributed by atoms with E-state index in [2.05, 4.69) is 4.98 Å². The maximum atomic E-state index is 13.7. The molecule has 0 N–H and O–H groups in total. The maximum absolute atomic E-state index is 13.7. The summed E-state index contributed by atoms with van der Waals surface area (Å²) in [6.45, 7) is 2.34. The number of benzene rings is 2. The molecule has 1 aromatic heterocycles. The average molecular weight is 459 g/mol. The van der Waals surface area contributed by atoms with Crippen LogP contribution in [0.2, 0.25) is 0 Å². The predicted octanol–water partition coefficient (Wildman–Crippen LogP) is 6.38. The first kappa shape index (κ1) is 23.5. The molecule has 0 aliphatic carbocycles. The molecule has 3 rings (SSSR count). The van der Waals surface area contributed by atoms with Crippen LogP contribution in [0.15, 0.2) is 59.6 Å². The number of nitrogens with zero attached hydrogens (tertiary/aromatic N) is 2. The Morgan fingerprint density at radius 3 is 2.25 bits per heavy atom. The van der Waals surface area contributed by atoms with Crippen LogP contribution in [0.5, 0.6) is 11.5 Å². The van der Waals surface area contributed by atoms with Gasteiger partial charge in [-0.1, -0.05) is 12.1 Å². The molecule has 0 atom stereocenters. The lowest BCUT2D eigenvalue weighted by Crippen LogP contribution is -2.10. The van der Waals surface area contributed by atoms with Gasteiger partial charge in [0.05, 0.1) is 30.5 Å². The first-order valence-corrected chi connectivity index (χ1v) is 10.9. The smallest absolute Gasteiger partial charge is 0.417 e. The van der Waals surface area contributed by atoms with Gasteiger partial charge in [0.25, 0.3) is 0 Å². The van der Waals surface area contributed by atoms with Gasteiger partial charge in [-0.25, -0.2) is 4.98 Å². The Balaban J connectivity index is 1.90. The number of halogens is 3. The molecule has 1 heterocycles. The highest BCUT2D eigenvalue weighted by molar-refractivity contribution is 7.99. The molecule has 0 aliphatic heterocycles. The Hall–Kier alpha value is -3.18.